The van der Waals surface area contributed by atoms with Crippen LogP contribution in [0, 0.1) is 0 Å². The molecule has 1 heterocycles. The van der Waals surface area contributed by atoms with Gasteiger partial charge in [-0.15, -0.1) is 0 Å². The Bertz CT molecular complexity index is 785. The van der Waals surface area contributed by atoms with Gasteiger partial charge >= 0.3 is 11.8 Å². The number of halogens is 1. The fourth-order valence-corrected chi connectivity index (χ4v) is 3.11. The predicted molar refractivity (Wildman–Crippen MR) is 105 cm³/mol. The summed E-state index contributed by atoms with van der Waals surface area (Å²) in [5.74, 6) is -1.41. The number of nitrogens with zero attached hydrogens (tertiary/aromatic N) is 1. The number of benzene rings is 2. The number of anilines is 1. The van der Waals surface area contributed by atoms with Crippen LogP contribution in [0.3, 0.4) is 0 Å². The third-order valence-corrected chi connectivity index (χ3v) is 4.69. The van der Waals surface area contributed by atoms with Gasteiger partial charge < -0.3 is 15.4 Å². The average Bonchev–Trinajstić information content (AvgIpc) is 2.70. The van der Waals surface area contributed by atoms with E-state index in [4.69, 9.17) is 16.3 Å². The van der Waals surface area contributed by atoms with Gasteiger partial charge in [0, 0.05) is 26.2 Å². The van der Waals surface area contributed by atoms with E-state index in [0.717, 1.165) is 18.7 Å². The number of carbonyl (C=O) groups excluding carboxylic acids is 2. The van der Waals surface area contributed by atoms with Crippen LogP contribution < -0.4 is 10.6 Å². The van der Waals surface area contributed by atoms with Gasteiger partial charge in [-0.05, 0) is 17.7 Å². The summed E-state index contributed by atoms with van der Waals surface area (Å²) in [5.41, 5.74) is 1.56. The zero-order valence-corrected chi connectivity index (χ0v) is 15.6. The summed E-state index contributed by atoms with van der Waals surface area (Å²) in [6.45, 7) is 3.23. The van der Waals surface area contributed by atoms with E-state index in [2.05, 4.69) is 27.7 Å². The molecule has 27 heavy (non-hydrogen) atoms. The van der Waals surface area contributed by atoms with Crippen LogP contribution in [0.5, 0.6) is 0 Å². The van der Waals surface area contributed by atoms with Crippen LogP contribution in [0.2, 0.25) is 5.02 Å². The lowest BCUT2D eigenvalue weighted by Crippen LogP contribution is -2.44. The number of morpholine rings is 1. The fourth-order valence-electron chi connectivity index (χ4n) is 2.92. The van der Waals surface area contributed by atoms with Crippen molar-refractivity contribution in [3.8, 4) is 0 Å². The molecule has 0 unspecified atom stereocenters. The Kier molecular flexibility index (Phi) is 6.81. The van der Waals surface area contributed by atoms with Gasteiger partial charge in [-0.2, -0.15) is 0 Å². The summed E-state index contributed by atoms with van der Waals surface area (Å²) in [7, 11) is 0. The van der Waals surface area contributed by atoms with Gasteiger partial charge in [0.2, 0.25) is 0 Å². The molecule has 1 aliphatic rings. The highest BCUT2D eigenvalue weighted by molar-refractivity contribution is 6.41. The molecule has 7 heteroatoms. The van der Waals surface area contributed by atoms with Gasteiger partial charge in [-0.25, -0.2) is 0 Å². The second-order valence-corrected chi connectivity index (χ2v) is 6.67. The van der Waals surface area contributed by atoms with Gasteiger partial charge in [0.25, 0.3) is 0 Å². The number of amides is 2. The first-order valence-electron chi connectivity index (χ1n) is 8.86. The second-order valence-electron chi connectivity index (χ2n) is 6.26. The van der Waals surface area contributed by atoms with E-state index < -0.39 is 11.8 Å². The fraction of sp³-hybridized carbons (Fsp3) is 0.300. The summed E-state index contributed by atoms with van der Waals surface area (Å²) in [6, 6.07) is 16.9. The SMILES string of the molecule is O=C(NCCN1CCO[C@@H](c2ccccc2)C1)C(=O)Nc1ccccc1Cl. The third-order valence-electron chi connectivity index (χ3n) is 4.36. The summed E-state index contributed by atoms with van der Waals surface area (Å²) in [6.07, 6.45) is 0.0270. The minimum absolute atomic E-state index is 0.0270. The van der Waals surface area contributed by atoms with Crippen molar-refractivity contribution in [1.82, 2.24) is 10.2 Å². The minimum Gasteiger partial charge on any atom is -0.371 e. The Balaban J connectivity index is 1.43. The molecular formula is C20H22ClN3O3. The van der Waals surface area contributed by atoms with Gasteiger partial charge in [0.05, 0.1) is 23.4 Å². The Morgan fingerprint density at radius 2 is 1.81 bits per heavy atom. The maximum absolute atomic E-state index is 12.0. The molecule has 1 saturated heterocycles. The highest BCUT2D eigenvalue weighted by Gasteiger charge is 2.22. The molecule has 0 aliphatic carbocycles. The lowest BCUT2D eigenvalue weighted by atomic mass is 10.1. The monoisotopic (exact) mass is 387 g/mol. The van der Waals surface area contributed by atoms with Crippen LogP contribution in [0.1, 0.15) is 11.7 Å². The molecule has 0 saturated carbocycles. The number of carbonyl (C=O) groups is 2. The lowest BCUT2D eigenvalue weighted by Gasteiger charge is -2.33. The lowest BCUT2D eigenvalue weighted by molar-refractivity contribution is -0.136. The second kappa shape index (κ2) is 9.50. The number of hydrogen-bond acceptors (Lipinski definition) is 4. The first-order chi connectivity index (χ1) is 13.1. The van der Waals surface area contributed by atoms with E-state index in [1.54, 1.807) is 24.3 Å². The predicted octanol–water partition coefficient (Wildman–Crippen LogP) is 2.47. The molecular weight excluding hydrogens is 366 g/mol. The number of para-hydroxylation sites is 1. The first-order valence-corrected chi connectivity index (χ1v) is 9.24. The zero-order chi connectivity index (χ0) is 19.1. The average molecular weight is 388 g/mol. The standard InChI is InChI=1S/C20H22ClN3O3/c21-16-8-4-5-9-17(16)23-20(26)19(25)22-10-11-24-12-13-27-18(14-24)15-6-2-1-3-7-15/h1-9,18H,10-14H2,(H,22,25)(H,23,26)/t18-/m1/s1. The molecule has 0 radical (unpaired) electrons. The van der Waals surface area contributed by atoms with E-state index in [1.807, 2.05) is 18.2 Å². The van der Waals surface area contributed by atoms with Crippen molar-refractivity contribution in [3.63, 3.8) is 0 Å². The molecule has 142 valence electrons. The third kappa shape index (κ3) is 5.53. The summed E-state index contributed by atoms with van der Waals surface area (Å²) >= 11 is 5.98. The molecule has 1 atom stereocenters. The van der Waals surface area contributed by atoms with Crippen molar-refractivity contribution in [2.75, 3.05) is 38.1 Å². The maximum atomic E-state index is 12.0. The summed E-state index contributed by atoms with van der Waals surface area (Å²) < 4.78 is 5.83. The smallest absolute Gasteiger partial charge is 0.313 e. The number of rotatable bonds is 5. The first kappa shape index (κ1) is 19.4. The van der Waals surface area contributed by atoms with Crippen molar-refractivity contribution in [2.24, 2.45) is 0 Å². The molecule has 2 aromatic carbocycles. The van der Waals surface area contributed by atoms with Gasteiger partial charge in [-0.1, -0.05) is 54.1 Å². The Hall–Kier alpha value is -2.41. The van der Waals surface area contributed by atoms with Crippen molar-refractivity contribution < 1.29 is 14.3 Å². The van der Waals surface area contributed by atoms with Crippen LogP contribution in [0.4, 0.5) is 5.69 Å². The van der Waals surface area contributed by atoms with Gasteiger partial charge in [0.15, 0.2) is 0 Å². The van der Waals surface area contributed by atoms with E-state index in [0.29, 0.717) is 30.4 Å². The molecule has 2 aromatic rings. The van der Waals surface area contributed by atoms with Gasteiger partial charge in [0.1, 0.15) is 0 Å². The van der Waals surface area contributed by atoms with Crippen molar-refractivity contribution in [1.29, 1.82) is 0 Å². The van der Waals surface area contributed by atoms with Crippen LogP contribution in [-0.2, 0) is 14.3 Å². The zero-order valence-electron chi connectivity index (χ0n) is 14.9. The van der Waals surface area contributed by atoms with Crippen LogP contribution in [-0.4, -0.2) is 49.5 Å². The summed E-state index contributed by atoms with van der Waals surface area (Å²) in [5, 5.41) is 5.55. The largest absolute Gasteiger partial charge is 0.371 e. The number of hydrogen-bond donors (Lipinski definition) is 2. The van der Waals surface area contributed by atoms with Crippen LogP contribution in [0.15, 0.2) is 54.6 Å². The summed E-state index contributed by atoms with van der Waals surface area (Å²) in [4.78, 5) is 26.2. The quantitative estimate of drug-likeness (QED) is 0.773. The number of ether oxygens (including phenoxy) is 1. The molecule has 2 amide bonds. The van der Waals surface area contributed by atoms with Crippen molar-refractivity contribution in [2.45, 2.75) is 6.10 Å². The molecule has 1 fully saturated rings. The molecule has 6 nitrogen and oxygen atoms in total. The minimum atomic E-state index is -0.729. The maximum Gasteiger partial charge on any atom is 0.313 e. The molecule has 1 aliphatic heterocycles. The van der Waals surface area contributed by atoms with E-state index in [1.165, 1.54) is 0 Å². The Labute approximate surface area is 163 Å². The van der Waals surface area contributed by atoms with E-state index in [-0.39, 0.29) is 6.10 Å². The molecule has 0 bridgehead atoms. The van der Waals surface area contributed by atoms with E-state index in [9.17, 15) is 9.59 Å². The van der Waals surface area contributed by atoms with E-state index >= 15 is 0 Å². The van der Waals surface area contributed by atoms with Crippen molar-refractivity contribution >= 4 is 29.1 Å². The van der Waals surface area contributed by atoms with Crippen molar-refractivity contribution in [3.05, 3.63) is 65.2 Å². The molecule has 3 rings (SSSR count). The molecule has 0 spiro atoms. The van der Waals surface area contributed by atoms with Crippen LogP contribution in [0.25, 0.3) is 0 Å². The Morgan fingerprint density at radius 3 is 2.59 bits per heavy atom. The highest BCUT2D eigenvalue weighted by Crippen LogP contribution is 2.22. The molecule has 2 N–H and O–H groups in total. The Morgan fingerprint density at radius 1 is 1.07 bits per heavy atom. The highest BCUT2D eigenvalue weighted by atomic mass is 35.5. The van der Waals surface area contributed by atoms with Gasteiger partial charge in [-0.3, -0.25) is 14.5 Å². The molecule has 0 aromatic heterocycles. The van der Waals surface area contributed by atoms with Crippen LogP contribution >= 0.6 is 11.6 Å². The number of nitrogens with one attached hydrogen (secondary N) is 2. The topological polar surface area (TPSA) is 70.7 Å². The normalized spacial score (nSPS) is 17.3.